The first-order valence-electron chi connectivity index (χ1n) is 4.57. The predicted molar refractivity (Wildman–Crippen MR) is 57.4 cm³/mol. The molecule has 90 valence electrons. The van der Waals surface area contributed by atoms with E-state index in [0.717, 1.165) is 0 Å². The van der Waals surface area contributed by atoms with Crippen LogP contribution in [0.4, 0.5) is 8.78 Å². The first-order valence-corrected chi connectivity index (χ1v) is 5.69. The molecule has 0 spiro atoms. The summed E-state index contributed by atoms with van der Waals surface area (Å²) < 4.78 is 25.6. The Morgan fingerprint density at radius 1 is 1.19 bits per heavy atom. The Kier molecular flexibility index (Phi) is 4.64. The normalized spacial score (nSPS) is 14.8. The minimum atomic E-state index is -1.45. The second-order valence-electron chi connectivity index (χ2n) is 3.31. The number of hydrogen-bond acceptors (Lipinski definition) is 3. The Hall–Kier alpha value is -0.720. The molecule has 0 aliphatic rings. The lowest BCUT2D eigenvalue weighted by atomic mass is 10.0. The lowest BCUT2D eigenvalue weighted by molar-refractivity contribution is 0.0158. The largest absolute Gasteiger partial charge is 0.507 e. The van der Waals surface area contributed by atoms with Crippen LogP contribution in [-0.2, 0) is 0 Å². The zero-order valence-electron chi connectivity index (χ0n) is 8.20. The molecule has 0 heterocycles. The van der Waals surface area contributed by atoms with Gasteiger partial charge in [0.05, 0.1) is 6.10 Å². The molecule has 3 nitrogen and oxygen atoms in total. The van der Waals surface area contributed by atoms with Crippen molar-refractivity contribution in [2.45, 2.75) is 18.6 Å². The first kappa shape index (κ1) is 13.3. The number of aromatic hydroxyl groups is 1. The van der Waals surface area contributed by atoms with Gasteiger partial charge in [0.25, 0.3) is 0 Å². The minimum absolute atomic E-state index is 0.222. The Balaban J connectivity index is 2.99. The molecule has 0 saturated heterocycles. The van der Waals surface area contributed by atoms with Crippen molar-refractivity contribution in [3.05, 3.63) is 29.3 Å². The average Bonchev–Trinajstić information content (AvgIpc) is 2.23. The van der Waals surface area contributed by atoms with Crippen molar-refractivity contribution in [2.24, 2.45) is 0 Å². The number of benzene rings is 1. The number of alkyl halides is 1. The molecule has 0 aliphatic carbocycles. The van der Waals surface area contributed by atoms with Gasteiger partial charge in [0.2, 0.25) is 0 Å². The molecule has 6 heteroatoms. The van der Waals surface area contributed by atoms with Crippen LogP contribution >= 0.6 is 15.9 Å². The molecule has 1 aromatic rings. The van der Waals surface area contributed by atoms with Gasteiger partial charge in [0.15, 0.2) is 11.6 Å². The van der Waals surface area contributed by atoms with Gasteiger partial charge in [-0.05, 0) is 12.5 Å². The zero-order chi connectivity index (χ0) is 12.3. The van der Waals surface area contributed by atoms with Crippen LogP contribution in [0.5, 0.6) is 5.75 Å². The third-order valence-electron chi connectivity index (χ3n) is 2.16. The Bertz CT molecular complexity index is 373. The molecule has 16 heavy (non-hydrogen) atoms. The summed E-state index contributed by atoms with van der Waals surface area (Å²) in [7, 11) is 0. The molecule has 0 aliphatic heterocycles. The number of phenolic OH excluding ortho intramolecular Hbond substituents is 1. The summed E-state index contributed by atoms with van der Waals surface area (Å²) >= 11 is 3.07. The van der Waals surface area contributed by atoms with E-state index >= 15 is 0 Å². The number of hydrogen-bond donors (Lipinski definition) is 3. The topological polar surface area (TPSA) is 60.7 Å². The number of aliphatic hydroxyl groups is 2. The van der Waals surface area contributed by atoms with Crippen LogP contribution in [0.2, 0.25) is 0 Å². The van der Waals surface area contributed by atoms with Crippen molar-refractivity contribution < 1.29 is 24.1 Å². The lowest BCUT2D eigenvalue weighted by Gasteiger charge is -2.18. The Morgan fingerprint density at radius 2 is 1.75 bits per heavy atom. The van der Waals surface area contributed by atoms with E-state index in [0.29, 0.717) is 17.5 Å². The third-order valence-corrected chi connectivity index (χ3v) is 2.62. The van der Waals surface area contributed by atoms with Crippen molar-refractivity contribution in [3.8, 4) is 5.75 Å². The van der Waals surface area contributed by atoms with E-state index < -0.39 is 29.6 Å². The Labute approximate surface area is 99.5 Å². The van der Waals surface area contributed by atoms with Gasteiger partial charge in [-0.25, -0.2) is 8.78 Å². The molecule has 2 unspecified atom stereocenters. The molecule has 0 aromatic heterocycles. The molecule has 2 atom stereocenters. The van der Waals surface area contributed by atoms with Gasteiger partial charge >= 0.3 is 0 Å². The third kappa shape index (κ3) is 2.90. The lowest BCUT2D eigenvalue weighted by Crippen LogP contribution is -2.19. The van der Waals surface area contributed by atoms with Gasteiger partial charge in [-0.3, -0.25) is 0 Å². The van der Waals surface area contributed by atoms with Gasteiger partial charge in [-0.2, -0.15) is 0 Å². The molecule has 0 fully saturated rings. The SMILES string of the molecule is Oc1cc(F)c(F)cc1C(O)C(O)CCBr. The van der Waals surface area contributed by atoms with Gasteiger partial charge in [-0.1, -0.05) is 15.9 Å². The highest BCUT2D eigenvalue weighted by Gasteiger charge is 2.22. The van der Waals surface area contributed by atoms with E-state index in [2.05, 4.69) is 15.9 Å². The van der Waals surface area contributed by atoms with E-state index in [4.69, 9.17) is 0 Å². The van der Waals surface area contributed by atoms with Gasteiger partial charge in [0.1, 0.15) is 11.9 Å². The fourth-order valence-electron chi connectivity index (χ4n) is 1.27. The highest BCUT2D eigenvalue weighted by molar-refractivity contribution is 9.09. The number of phenols is 1. The van der Waals surface area contributed by atoms with Crippen LogP contribution in [0.1, 0.15) is 18.1 Å². The maximum Gasteiger partial charge on any atom is 0.162 e. The predicted octanol–water partition coefficient (Wildman–Crippen LogP) is 1.85. The number of aliphatic hydroxyl groups excluding tert-OH is 2. The molecular formula is C10H11BrF2O3. The van der Waals surface area contributed by atoms with Crippen LogP contribution in [0.3, 0.4) is 0 Å². The summed E-state index contributed by atoms with van der Waals surface area (Å²) in [5.74, 6) is -2.97. The van der Waals surface area contributed by atoms with Crippen molar-refractivity contribution >= 4 is 15.9 Å². The molecule has 1 aromatic carbocycles. The van der Waals surface area contributed by atoms with E-state index in [1.165, 1.54) is 0 Å². The fourth-order valence-corrected chi connectivity index (χ4v) is 1.73. The second kappa shape index (κ2) is 5.56. The monoisotopic (exact) mass is 296 g/mol. The highest BCUT2D eigenvalue weighted by atomic mass is 79.9. The Morgan fingerprint density at radius 3 is 2.31 bits per heavy atom. The second-order valence-corrected chi connectivity index (χ2v) is 4.11. The summed E-state index contributed by atoms with van der Waals surface area (Å²) in [4.78, 5) is 0. The van der Waals surface area contributed by atoms with Crippen LogP contribution in [0.25, 0.3) is 0 Å². The summed E-state index contributed by atoms with van der Waals surface area (Å²) in [6.07, 6.45) is -2.39. The summed E-state index contributed by atoms with van der Waals surface area (Å²) in [5, 5.41) is 28.8. The van der Waals surface area contributed by atoms with Gasteiger partial charge in [0, 0.05) is 17.0 Å². The van der Waals surface area contributed by atoms with Crippen molar-refractivity contribution in [1.29, 1.82) is 0 Å². The van der Waals surface area contributed by atoms with Crippen molar-refractivity contribution in [1.82, 2.24) is 0 Å². The van der Waals surface area contributed by atoms with E-state index in [1.807, 2.05) is 0 Å². The average molecular weight is 297 g/mol. The maximum absolute atomic E-state index is 12.9. The maximum atomic E-state index is 12.9. The molecule has 1 rings (SSSR count). The van der Waals surface area contributed by atoms with E-state index in [9.17, 15) is 24.1 Å². The minimum Gasteiger partial charge on any atom is -0.507 e. The molecule has 0 bridgehead atoms. The van der Waals surface area contributed by atoms with Crippen LogP contribution < -0.4 is 0 Å². The van der Waals surface area contributed by atoms with Crippen LogP contribution in [-0.4, -0.2) is 26.8 Å². The van der Waals surface area contributed by atoms with Crippen LogP contribution in [0, 0.1) is 11.6 Å². The first-order chi connectivity index (χ1) is 7.47. The number of halogens is 3. The number of rotatable bonds is 4. The van der Waals surface area contributed by atoms with Crippen molar-refractivity contribution in [3.63, 3.8) is 0 Å². The highest BCUT2D eigenvalue weighted by Crippen LogP contribution is 2.29. The quantitative estimate of drug-likeness (QED) is 0.743. The standard InChI is InChI=1S/C10H11BrF2O3/c11-2-1-8(14)10(16)5-3-6(12)7(13)4-9(5)15/h3-4,8,10,14-16H,1-2H2. The van der Waals surface area contributed by atoms with Gasteiger partial charge in [-0.15, -0.1) is 0 Å². The molecule has 3 N–H and O–H groups in total. The van der Waals surface area contributed by atoms with Crippen LogP contribution in [0.15, 0.2) is 12.1 Å². The molecule has 0 amide bonds. The summed E-state index contributed by atoms with van der Waals surface area (Å²) in [6.45, 7) is 0. The summed E-state index contributed by atoms with van der Waals surface area (Å²) in [6, 6.07) is 1.24. The molecule has 0 radical (unpaired) electrons. The van der Waals surface area contributed by atoms with E-state index in [-0.39, 0.29) is 12.0 Å². The fraction of sp³-hybridized carbons (Fsp3) is 0.400. The molecular weight excluding hydrogens is 286 g/mol. The van der Waals surface area contributed by atoms with Crippen molar-refractivity contribution in [2.75, 3.05) is 5.33 Å². The smallest absolute Gasteiger partial charge is 0.162 e. The molecule has 0 saturated carbocycles. The zero-order valence-corrected chi connectivity index (χ0v) is 9.79. The van der Waals surface area contributed by atoms with Gasteiger partial charge < -0.3 is 15.3 Å². The summed E-state index contributed by atoms with van der Waals surface area (Å²) in [5.41, 5.74) is -0.229. The van der Waals surface area contributed by atoms with E-state index in [1.54, 1.807) is 0 Å².